The molecule has 0 aromatic rings. The second kappa shape index (κ2) is 6.94. The molecule has 0 aromatic heterocycles. The minimum Gasteiger partial charge on any atom is -0.480 e. The molecule has 1 atom stereocenters. The second-order valence-corrected chi connectivity index (χ2v) is 3.11. The molecular formula is C9H16FN3O2. The van der Waals surface area contributed by atoms with Crippen LogP contribution in [0, 0.1) is 0 Å². The van der Waals surface area contributed by atoms with Gasteiger partial charge in [-0.2, -0.15) is 0 Å². The summed E-state index contributed by atoms with van der Waals surface area (Å²) in [4.78, 5) is 14.1. The average molecular weight is 217 g/mol. The van der Waals surface area contributed by atoms with Crippen molar-refractivity contribution in [3.8, 4) is 0 Å². The van der Waals surface area contributed by atoms with Gasteiger partial charge in [0.1, 0.15) is 6.04 Å². The van der Waals surface area contributed by atoms with E-state index in [1.54, 1.807) is 6.92 Å². The summed E-state index contributed by atoms with van der Waals surface area (Å²) in [6, 6.07) is -1.19. The molecule has 0 saturated carbocycles. The first kappa shape index (κ1) is 13.6. The number of aliphatic imine (C=N–C) groups is 1. The molecule has 0 aliphatic rings. The fraction of sp³-hybridized carbons (Fsp3) is 0.556. The number of nitrogens with two attached hydrogens (primary N) is 2. The third-order valence-electron chi connectivity index (χ3n) is 1.59. The van der Waals surface area contributed by atoms with Gasteiger partial charge in [-0.05, 0) is 13.3 Å². The van der Waals surface area contributed by atoms with Gasteiger partial charge in [0.05, 0.1) is 11.7 Å². The van der Waals surface area contributed by atoms with E-state index in [9.17, 15) is 9.18 Å². The first-order valence-corrected chi connectivity index (χ1v) is 4.53. The van der Waals surface area contributed by atoms with E-state index in [2.05, 4.69) is 4.99 Å². The zero-order valence-electron chi connectivity index (χ0n) is 8.61. The van der Waals surface area contributed by atoms with Gasteiger partial charge in [0.15, 0.2) is 0 Å². The van der Waals surface area contributed by atoms with Gasteiger partial charge >= 0.3 is 5.97 Å². The normalized spacial score (nSPS) is 15.1. The van der Waals surface area contributed by atoms with Gasteiger partial charge in [-0.1, -0.05) is 6.08 Å². The van der Waals surface area contributed by atoms with Crippen LogP contribution in [0.4, 0.5) is 4.39 Å². The summed E-state index contributed by atoms with van der Waals surface area (Å²) in [6.07, 6.45) is 1.36. The first-order valence-electron chi connectivity index (χ1n) is 4.53. The van der Waals surface area contributed by atoms with Crippen LogP contribution in [-0.2, 0) is 4.79 Å². The van der Waals surface area contributed by atoms with Crippen molar-refractivity contribution < 1.29 is 14.3 Å². The molecule has 0 saturated heterocycles. The van der Waals surface area contributed by atoms with Crippen LogP contribution in [0.15, 0.2) is 16.9 Å². The summed E-state index contributed by atoms with van der Waals surface area (Å²) >= 11 is 0. The summed E-state index contributed by atoms with van der Waals surface area (Å²) in [5.74, 6) is -1.31. The third-order valence-corrected chi connectivity index (χ3v) is 1.59. The van der Waals surface area contributed by atoms with E-state index in [0.29, 0.717) is 18.8 Å². The molecule has 86 valence electrons. The third kappa shape index (κ3) is 7.63. The Kier molecular flexibility index (Phi) is 6.28. The van der Waals surface area contributed by atoms with E-state index in [4.69, 9.17) is 16.6 Å². The van der Waals surface area contributed by atoms with E-state index in [0.717, 1.165) is 0 Å². The van der Waals surface area contributed by atoms with Crippen LogP contribution in [0.3, 0.4) is 0 Å². The molecular weight excluding hydrogens is 201 g/mol. The molecule has 0 fully saturated rings. The summed E-state index contributed by atoms with van der Waals surface area (Å²) in [5, 5.41) is 8.42. The number of hydrogen-bond donors (Lipinski definition) is 3. The Morgan fingerprint density at radius 2 is 2.27 bits per heavy atom. The van der Waals surface area contributed by atoms with Gasteiger partial charge in [0.25, 0.3) is 0 Å². The maximum absolute atomic E-state index is 13.0. The highest BCUT2D eigenvalue weighted by atomic mass is 19.1. The Morgan fingerprint density at radius 3 is 2.73 bits per heavy atom. The molecule has 0 spiro atoms. The quantitative estimate of drug-likeness (QED) is 0.340. The maximum atomic E-state index is 13.0. The van der Waals surface area contributed by atoms with E-state index in [1.165, 1.54) is 6.08 Å². The standard InChI is InChI=1S/C9H16FN3O2/c1-6(11)13-4-2-3-7(10)5-8(12)9(14)15/h3,8H,2,4-5,12H2,1H3,(H2,11,13)(H,14,15). The summed E-state index contributed by atoms with van der Waals surface area (Å²) in [7, 11) is 0. The molecule has 0 radical (unpaired) electrons. The molecule has 0 aliphatic heterocycles. The molecule has 0 amide bonds. The van der Waals surface area contributed by atoms with Crippen molar-refractivity contribution in [3.05, 3.63) is 11.9 Å². The molecule has 5 nitrogen and oxygen atoms in total. The van der Waals surface area contributed by atoms with Crippen LogP contribution >= 0.6 is 0 Å². The summed E-state index contributed by atoms with van der Waals surface area (Å²) < 4.78 is 13.0. The maximum Gasteiger partial charge on any atom is 0.320 e. The van der Waals surface area contributed by atoms with Crippen molar-refractivity contribution >= 4 is 11.8 Å². The lowest BCUT2D eigenvalue weighted by atomic mass is 10.2. The zero-order chi connectivity index (χ0) is 11.8. The van der Waals surface area contributed by atoms with E-state index < -0.39 is 17.8 Å². The Bertz CT molecular complexity index is 273. The molecule has 1 unspecified atom stereocenters. The van der Waals surface area contributed by atoms with Crippen LogP contribution in [0.5, 0.6) is 0 Å². The van der Waals surface area contributed by atoms with E-state index >= 15 is 0 Å². The first-order chi connectivity index (χ1) is 6.93. The topological polar surface area (TPSA) is 102 Å². The van der Waals surface area contributed by atoms with Gasteiger partial charge in [0.2, 0.25) is 0 Å². The van der Waals surface area contributed by atoms with Crippen molar-refractivity contribution in [3.63, 3.8) is 0 Å². The molecule has 0 heterocycles. The fourth-order valence-electron chi connectivity index (χ4n) is 0.843. The van der Waals surface area contributed by atoms with Crippen LogP contribution in [0.1, 0.15) is 19.8 Å². The zero-order valence-corrected chi connectivity index (χ0v) is 8.61. The minimum atomic E-state index is -1.21. The minimum absolute atomic E-state index is 0.291. The molecule has 0 rings (SSSR count). The van der Waals surface area contributed by atoms with Gasteiger partial charge < -0.3 is 16.6 Å². The van der Waals surface area contributed by atoms with Crippen LogP contribution in [0.25, 0.3) is 0 Å². The van der Waals surface area contributed by atoms with Crippen LogP contribution < -0.4 is 11.5 Å². The van der Waals surface area contributed by atoms with Crippen molar-refractivity contribution in [1.82, 2.24) is 0 Å². The van der Waals surface area contributed by atoms with Gasteiger partial charge in [-0.15, -0.1) is 0 Å². The number of carbonyl (C=O) groups is 1. The number of carboxylic acid groups (broad SMARTS) is 1. The van der Waals surface area contributed by atoms with Gasteiger partial charge in [0, 0.05) is 13.0 Å². The highest BCUT2D eigenvalue weighted by Gasteiger charge is 2.12. The highest BCUT2D eigenvalue weighted by Crippen LogP contribution is 2.07. The number of nitrogens with zero attached hydrogens (tertiary/aromatic N) is 1. The smallest absolute Gasteiger partial charge is 0.320 e. The average Bonchev–Trinajstić information content (AvgIpc) is 2.12. The van der Waals surface area contributed by atoms with Gasteiger partial charge in [-0.25, -0.2) is 4.39 Å². The number of rotatable bonds is 6. The number of aliphatic carboxylic acids is 1. The lowest BCUT2D eigenvalue weighted by Gasteiger charge is -2.03. The van der Waals surface area contributed by atoms with E-state index in [-0.39, 0.29) is 6.42 Å². The second-order valence-electron chi connectivity index (χ2n) is 3.11. The molecule has 0 bridgehead atoms. The lowest BCUT2D eigenvalue weighted by molar-refractivity contribution is -0.138. The molecule has 6 heteroatoms. The monoisotopic (exact) mass is 217 g/mol. The van der Waals surface area contributed by atoms with Gasteiger partial charge in [-0.3, -0.25) is 9.79 Å². The number of carboxylic acids is 1. The Labute approximate surface area is 87.7 Å². The van der Waals surface area contributed by atoms with Crippen molar-refractivity contribution in [2.75, 3.05) is 6.54 Å². The predicted molar refractivity (Wildman–Crippen MR) is 56.2 cm³/mol. The van der Waals surface area contributed by atoms with Crippen molar-refractivity contribution in [1.29, 1.82) is 0 Å². The number of hydrogen-bond acceptors (Lipinski definition) is 3. The Hall–Kier alpha value is -1.43. The molecule has 0 aromatic carbocycles. The van der Waals surface area contributed by atoms with E-state index in [1.807, 2.05) is 0 Å². The van der Waals surface area contributed by atoms with Crippen LogP contribution in [-0.4, -0.2) is 29.5 Å². The molecule has 5 N–H and O–H groups in total. The lowest BCUT2D eigenvalue weighted by Crippen LogP contribution is -2.29. The number of amidine groups is 1. The van der Waals surface area contributed by atoms with Crippen molar-refractivity contribution in [2.45, 2.75) is 25.8 Å². The highest BCUT2D eigenvalue weighted by molar-refractivity contribution is 5.77. The molecule has 0 aliphatic carbocycles. The fourth-order valence-corrected chi connectivity index (χ4v) is 0.843. The summed E-state index contributed by atoms with van der Waals surface area (Å²) in [5.41, 5.74) is 10.4. The summed E-state index contributed by atoms with van der Waals surface area (Å²) in [6.45, 7) is 2.03. The largest absolute Gasteiger partial charge is 0.480 e. The predicted octanol–water partition coefficient (Wildman–Crippen LogP) is 0.409. The SMILES string of the molecule is CC(N)=NCCC=C(F)CC(N)C(=O)O. The Balaban J connectivity index is 3.89. The molecule has 15 heavy (non-hydrogen) atoms. The van der Waals surface area contributed by atoms with Crippen molar-refractivity contribution in [2.24, 2.45) is 16.5 Å². The number of halogens is 1. The van der Waals surface area contributed by atoms with Crippen LogP contribution in [0.2, 0.25) is 0 Å². The Morgan fingerprint density at radius 1 is 1.67 bits per heavy atom.